The summed E-state index contributed by atoms with van der Waals surface area (Å²) in [6.45, 7) is 2.25. The average Bonchev–Trinajstić information content (AvgIpc) is 2.46. The minimum absolute atomic E-state index is 0.235. The van der Waals surface area contributed by atoms with Crippen molar-refractivity contribution >= 4 is 18.4 Å². The topological polar surface area (TPSA) is 17.1 Å². The lowest BCUT2D eigenvalue weighted by Crippen LogP contribution is -2.00. The van der Waals surface area contributed by atoms with Gasteiger partial charge in [-0.2, -0.15) is 0 Å². The zero-order valence-electron chi connectivity index (χ0n) is 12.7. The molecule has 0 heterocycles. The second-order valence-electron chi connectivity index (χ2n) is 5.52. The summed E-state index contributed by atoms with van der Waals surface area (Å²) in [7, 11) is 0. The van der Waals surface area contributed by atoms with Gasteiger partial charge in [-0.25, -0.2) is 0 Å². The third-order valence-electron chi connectivity index (χ3n) is 3.71. The molecular weight excluding hydrogens is 264 g/mol. The highest BCUT2D eigenvalue weighted by Gasteiger charge is 2.07. The van der Waals surface area contributed by atoms with E-state index in [-0.39, 0.29) is 5.78 Å². The van der Waals surface area contributed by atoms with Crippen LogP contribution in [0.4, 0.5) is 0 Å². The van der Waals surface area contributed by atoms with Crippen LogP contribution in [-0.4, -0.2) is 5.78 Å². The predicted octanol–water partition coefficient (Wildman–Crippen LogP) is 6.08. The van der Waals surface area contributed by atoms with E-state index in [0.29, 0.717) is 6.42 Å². The first-order chi connectivity index (χ1) is 9.75. The van der Waals surface area contributed by atoms with Gasteiger partial charge in [0.15, 0.2) is 5.78 Å². The van der Waals surface area contributed by atoms with Crippen molar-refractivity contribution in [3.63, 3.8) is 0 Å². The number of ketones is 1. The third-order valence-corrected chi connectivity index (χ3v) is 4.10. The van der Waals surface area contributed by atoms with Crippen LogP contribution in [0.1, 0.15) is 81.5 Å². The van der Waals surface area contributed by atoms with E-state index in [1.54, 1.807) is 0 Å². The van der Waals surface area contributed by atoms with Crippen LogP contribution >= 0.6 is 12.6 Å². The smallest absolute Gasteiger partial charge is 0.163 e. The molecule has 0 aliphatic rings. The molecule has 0 unspecified atom stereocenters. The highest BCUT2D eigenvalue weighted by atomic mass is 32.1. The number of carbonyl (C=O) groups excluding carboxylic acids is 1. The molecule has 0 N–H and O–H groups in total. The summed E-state index contributed by atoms with van der Waals surface area (Å²) in [6, 6.07) is 7.58. The largest absolute Gasteiger partial charge is 0.294 e. The van der Waals surface area contributed by atoms with Gasteiger partial charge in [-0.3, -0.25) is 4.79 Å². The molecule has 0 saturated carbocycles. The molecule has 0 aliphatic carbocycles. The number of unbranched alkanes of at least 4 members (excludes halogenated alkanes) is 8. The van der Waals surface area contributed by atoms with Gasteiger partial charge in [-0.05, 0) is 12.5 Å². The molecule has 20 heavy (non-hydrogen) atoms. The fourth-order valence-corrected chi connectivity index (χ4v) is 2.73. The minimum Gasteiger partial charge on any atom is -0.294 e. The van der Waals surface area contributed by atoms with Crippen molar-refractivity contribution in [1.29, 1.82) is 0 Å². The van der Waals surface area contributed by atoms with Gasteiger partial charge in [0.2, 0.25) is 0 Å². The Kier molecular flexibility index (Phi) is 9.48. The second-order valence-corrected chi connectivity index (χ2v) is 6.00. The molecule has 1 nitrogen and oxygen atoms in total. The van der Waals surface area contributed by atoms with Crippen molar-refractivity contribution in [2.75, 3.05) is 0 Å². The summed E-state index contributed by atoms with van der Waals surface area (Å²) in [6.07, 6.45) is 12.2. The van der Waals surface area contributed by atoms with Crippen LogP contribution in [0.3, 0.4) is 0 Å². The van der Waals surface area contributed by atoms with Crippen LogP contribution in [0, 0.1) is 0 Å². The van der Waals surface area contributed by atoms with Crippen molar-refractivity contribution in [2.24, 2.45) is 0 Å². The molecule has 0 saturated heterocycles. The number of hydrogen-bond donors (Lipinski definition) is 1. The molecule has 0 bridgehead atoms. The zero-order chi connectivity index (χ0) is 14.6. The molecule has 112 valence electrons. The summed E-state index contributed by atoms with van der Waals surface area (Å²) in [5.74, 6) is 0.235. The Morgan fingerprint density at radius 1 is 0.900 bits per heavy atom. The number of carbonyl (C=O) groups is 1. The fraction of sp³-hybridized carbons (Fsp3) is 0.611. The van der Waals surface area contributed by atoms with Gasteiger partial charge in [0.05, 0.1) is 0 Å². The maximum atomic E-state index is 12.0. The summed E-state index contributed by atoms with van der Waals surface area (Å²) < 4.78 is 0. The highest BCUT2D eigenvalue weighted by molar-refractivity contribution is 7.80. The van der Waals surface area contributed by atoms with Crippen LogP contribution in [0.15, 0.2) is 29.2 Å². The number of thiol groups is 1. The molecule has 0 aliphatic heterocycles. The normalized spacial score (nSPS) is 10.7. The van der Waals surface area contributed by atoms with Gasteiger partial charge >= 0.3 is 0 Å². The molecule has 0 aromatic heterocycles. The standard InChI is InChI=1S/C18H28OS/c1-2-3-4-5-6-7-8-9-10-14-17(19)16-13-11-12-15-18(16)20/h11-13,15,20H,2-10,14H2,1H3. The van der Waals surface area contributed by atoms with Crippen molar-refractivity contribution in [1.82, 2.24) is 0 Å². The van der Waals surface area contributed by atoms with Gasteiger partial charge in [-0.1, -0.05) is 76.5 Å². The quantitative estimate of drug-likeness (QED) is 0.297. The molecule has 1 aromatic rings. The Morgan fingerprint density at radius 3 is 2.05 bits per heavy atom. The van der Waals surface area contributed by atoms with E-state index in [9.17, 15) is 4.79 Å². The van der Waals surface area contributed by atoms with Crippen molar-refractivity contribution in [3.8, 4) is 0 Å². The third kappa shape index (κ3) is 7.14. The molecule has 0 radical (unpaired) electrons. The molecule has 0 atom stereocenters. The maximum Gasteiger partial charge on any atom is 0.163 e. The second kappa shape index (κ2) is 11.0. The SMILES string of the molecule is CCCCCCCCCCCC(=O)c1ccccc1S. The Labute approximate surface area is 129 Å². The van der Waals surface area contributed by atoms with E-state index in [4.69, 9.17) is 0 Å². The Hall–Kier alpha value is -0.760. The number of benzene rings is 1. The predicted molar refractivity (Wildman–Crippen MR) is 89.9 cm³/mol. The Balaban J connectivity index is 2.04. The molecular formula is C18H28OS. The fourth-order valence-electron chi connectivity index (χ4n) is 2.44. The Bertz CT molecular complexity index is 387. The van der Waals surface area contributed by atoms with E-state index < -0.39 is 0 Å². The van der Waals surface area contributed by atoms with Crippen LogP contribution in [0.25, 0.3) is 0 Å². The zero-order valence-corrected chi connectivity index (χ0v) is 13.6. The lowest BCUT2D eigenvalue weighted by atomic mass is 10.0. The lowest BCUT2D eigenvalue weighted by molar-refractivity contribution is 0.0976. The first kappa shape index (κ1) is 17.3. The molecule has 1 rings (SSSR count). The van der Waals surface area contributed by atoms with E-state index in [1.807, 2.05) is 24.3 Å². The monoisotopic (exact) mass is 292 g/mol. The summed E-state index contributed by atoms with van der Waals surface area (Å²) in [5, 5.41) is 0. The van der Waals surface area contributed by atoms with E-state index in [0.717, 1.165) is 16.9 Å². The van der Waals surface area contributed by atoms with Crippen molar-refractivity contribution in [2.45, 2.75) is 76.0 Å². The first-order valence-electron chi connectivity index (χ1n) is 8.07. The van der Waals surface area contributed by atoms with Gasteiger partial charge < -0.3 is 0 Å². The minimum atomic E-state index is 0.235. The van der Waals surface area contributed by atoms with Crippen LogP contribution in [-0.2, 0) is 0 Å². The lowest BCUT2D eigenvalue weighted by Gasteiger charge is -2.04. The molecule has 0 amide bonds. The van der Waals surface area contributed by atoms with Crippen molar-refractivity contribution < 1.29 is 4.79 Å². The van der Waals surface area contributed by atoms with E-state index in [2.05, 4.69) is 19.6 Å². The number of rotatable bonds is 11. The Morgan fingerprint density at radius 2 is 1.45 bits per heavy atom. The highest BCUT2D eigenvalue weighted by Crippen LogP contribution is 2.17. The van der Waals surface area contributed by atoms with Crippen molar-refractivity contribution in [3.05, 3.63) is 29.8 Å². The average molecular weight is 292 g/mol. The van der Waals surface area contributed by atoms with Crippen LogP contribution < -0.4 is 0 Å². The van der Waals surface area contributed by atoms with Crippen LogP contribution in [0.2, 0.25) is 0 Å². The molecule has 0 fully saturated rings. The first-order valence-corrected chi connectivity index (χ1v) is 8.51. The van der Waals surface area contributed by atoms with Gasteiger partial charge in [0, 0.05) is 16.9 Å². The summed E-state index contributed by atoms with van der Waals surface area (Å²) >= 11 is 4.34. The maximum absolute atomic E-state index is 12.0. The van der Waals surface area contributed by atoms with E-state index >= 15 is 0 Å². The van der Waals surface area contributed by atoms with E-state index in [1.165, 1.54) is 51.4 Å². The molecule has 0 spiro atoms. The summed E-state index contributed by atoms with van der Waals surface area (Å²) in [5.41, 5.74) is 0.774. The van der Waals surface area contributed by atoms with Gasteiger partial charge in [0.1, 0.15) is 0 Å². The number of hydrogen-bond acceptors (Lipinski definition) is 2. The molecule has 1 aromatic carbocycles. The number of Topliss-reactive ketones (excluding diaryl/α,β-unsaturated/α-hetero) is 1. The molecule has 2 heteroatoms. The van der Waals surface area contributed by atoms with Gasteiger partial charge in [-0.15, -0.1) is 12.6 Å². The summed E-state index contributed by atoms with van der Waals surface area (Å²) in [4.78, 5) is 12.8. The van der Waals surface area contributed by atoms with Crippen LogP contribution in [0.5, 0.6) is 0 Å². The van der Waals surface area contributed by atoms with Gasteiger partial charge in [0.25, 0.3) is 0 Å².